The number of hydrogen-bond acceptors (Lipinski definition) is 4. The Bertz CT molecular complexity index is 3180. The second-order valence-electron chi connectivity index (χ2n) is 14.2. The maximum Gasteiger partial charge on any atom is 0.170 e. The van der Waals surface area contributed by atoms with Crippen molar-refractivity contribution in [2.75, 3.05) is 0 Å². The molecule has 0 bridgehead atoms. The van der Waals surface area contributed by atoms with E-state index in [1.54, 1.807) is 0 Å². The molecule has 1 atom stereocenters. The third-order valence-electron chi connectivity index (χ3n) is 10.9. The fourth-order valence-electron chi connectivity index (χ4n) is 8.12. The van der Waals surface area contributed by atoms with Gasteiger partial charge >= 0.3 is 0 Å². The van der Waals surface area contributed by atoms with Gasteiger partial charge in [0.1, 0.15) is 22.8 Å². The standard InChI is InChI=1S/C51H33N3O/c1-3-12-37-29-39(25-19-32(37)9-1)40-27-28-44-47(31-40)55-46-18-8-17-45(48(44)46)51-53-49(52-50(54-51)41-26-20-33-10-2-4-13-38(33)30-41)36-23-21-35(22-24-36)43-16-7-14-34-11-5-6-15-42(34)43/h1-31,51H,(H,52,53,54). The SMILES string of the molecule is c1ccc2cc(C3=NC(c4cccc5oc6cc(-c7ccc8ccccc8c7)ccc6c45)N=C(c4ccc(-c5cccc6ccccc56)cc4)N3)ccc2c1. The van der Waals surface area contributed by atoms with Crippen LogP contribution >= 0.6 is 0 Å². The van der Waals surface area contributed by atoms with Gasteiger partial charge in [0.15, 0.2) is 6.17 Å². The summed E-state index contributed by atoms with van der Waals surface area (Å²) in [5.41, 5.74) is 9.30. The molecule has 0 saturated heterocycles. The summed E-state index contributed by atoms with van der Waals surface area (Å²) in [5.74, 6) is 1.55. The highest BCUT2D eigenvalue weighted by molar-refractivity contribution is 6.17. The van der Waals surface area contributed by atoms with Gasteiger partial charge in [0.25, 0.3) is 0 Å². The third-order valence-corrected chi connectivity index (χ3v) is 10.9. The van der Waals surface area contributed by atoms with Crippen LogP contribution < -0.4 is 5.32 Å². The molecule has 4 heteroatoms. The second-order valence-corrected chi connectivity index (χ2v) is 14.2. The summed E-state index contributed by atoms with van der Waals surface area (Å²) in [6.45, 7) is 0. The van der Waals surface area contributed by atoms with E-state index in [2.05, 4.69) is 181 Å². The minimum absolute atomic E-state index is 0.500. The highest BCUT2D eigenvalue weighted by Crippen LogP contribution is 2.39. The Morgan fingerprint density at radius 2 is 0.945 bits per heavy atom. The van der Waals surface area contributed by atoms with Crippen LogP contribution in [0.3, 0.4) is 0 Å². The zero-order valence-electron chi connectivity index (χ0n) is 29.8. The van der Waals surface area contributed by atoms with Crippen molar-refractivity contribution in [2.45, 2.75) is 6.17 Å². The van der Waals surface area contributed by atoms with E-state index < -0.39 is 6.17 Å². The highest BCUT2D eigenvalue weighted by Gasteiger charge is 2.24. The lowest BCUT2D eigenvalue weighted by atomic mass is 9.97. The molecule has 0 radical (unpaired) electrons. The first-order valence-electron chi connectivity index (χ1n) is 18.7. The van der Waals surface area contributed by atoms with Gasteiger partial charge in [-0.2, -0.15) is 0 Å². The number of benzene rings is 9. The Hall–Kier alpha value is -7.30. The largest absolute Gasteiger partial charge is 0.456 e. The van der Waals surface area contributed by atoms with Crippen LogP contribution in [0.2, 0.25) is 0 Å². The van der Waals surface area contributed by atoms with Gasteiger partial charge in [-0.1, -0.05) is 158 Å². The zero-order chi connectivity index (χ0) is 36.3. The summed E-state index contributed by atoms with van der Waals surface area (Å²) in [5, 5.41) is 13.0. The summed E-state index contributed by atoms with van der Waals surface area (Å²) in [6.07, 6.45) is -0.500. The van der Waals surface area contributed by atoms with E-state index in [0.717, 1.165) is 72.4 Å². The van der Waals surface area contributed by atoms with Crippen LogP contribution in [0, 0.1) is 0 Å². The quantitative estimate of drug-likeness (QED) is 0.194. The maximum absolute atomic E-state index is 6.58. The molecule has 1 aliphatic heterocycles. The normalized spacial score (nSPS) is 14.4. The molecule has 1 N–H and O–H groups in total. The number of hydrogen-bond donors (Lipinski definition) is 1. The van der Waals surface area contributed by atoms with Crippen LogP contribution in [0.15, 0.2) is 202 Å². The van der Waals surface area contributed by atoms with Crippen molar-refractivity contribution in [3.05, 3.63) is 205 Å². The van der Waals surface area contributed by atoms with E-state index in [9.17, 15) is 0 Å². The molecule has 4 nitrogen and oxygen atoms in total. The molecule has 0 fully saturated rings. The van der Waals surface area contributed by atoms with Crippen LogP contribution in [-0.4, -0.2) is 11.7 Å². The first kappa shape index (κ1) is 31.2. The van der Waals surface area contributed by atoms with Gasteiger partial charge in [-0.25, -0.2) is 9.98 Å². The molecule has 10 aromatic rings. The predicted molar refractivity (Wildman–Crippen MR) is 229 cm³/mol. The molecule has 9 aromatic carbocycles. The minimum Gasteiger partial charge on any atom is -0.456 e. The monoisotopic (exact) mass is 703 g/mol. The summed E-state index contributed by atoms with van der Waals surface area (Å²) >= 11 is 0. The number of furan rings is 1. The highest BCUT2D eigenvalue weighted by atomic mass is 16.3. The number of aliphatic imine (C=N–C) groups is 2. The first-order valence-corrected chi connectivity index (χ1v) is 18.7. The molecule has 258 valence electrons. The Labute approximate surface area is 317 Å². The van der Waals surface area contributed by atoms with E-state index in [-0.39, 0.29) is 0 Å². The van der Waals surface area contributed by atoms with Crippen molar-refractivity contribution in [3.63, 3.8) is 0 Å². The van der Waals surface area contributed by atoms with Gasteiger partial charge in [-0.15, -0.1) is 0 Å². The molecule has 55 heavy (non-hydrogen) atoms. The van der Waals surface area contributed by atoms with Crippen molar-refractivity contribution in [3.8, 4) is 22.3 Å². The molecule has 11 rings (SSSR count). The Balaban J connectivity index is 1.03. The van der Waals surface area contributed by atoms with Gasteiger partial charge in [0.2, 0.25) is 0 Å². The van der Waals surface area contributed by atoms with Gasteiger partial charge in [-0.05, 0) is 84.9 Å². The van der Waals surface area contributed by atoms with Crippen molar-refractivity contribution in [2.24, 2.45) is 9.98 Å². The lowest BCUT2D eigenvalue weighted by Gasteiger charge is -2.23. The molecule has 1 aromatic heterocycles. The van der Waals surface area contributed by atoms with E-state index >= 15 is 0 Å². The lowest BCUT2D eigenvalue weighted by Crippen LogP contribution is -2.36. The second kappa shape index (κ2) is 12.7. The minimum atomic E-state index is -0.500. The Kier molecular flexibility index (Phi) is 7.20. The van der Waals surface area contributed by atoms with Crippen LogP contribution in [0.25, 0.3) is 76.5 Å². The van der Waals surface area contributed by atoms with Crippen LogP contribution in [0.1, 0.15) is 22.9 Å². The topological polar surface area (TPSA) is 49.9 Å². The van der Waals surface area contributed by atoms with Crippen LogP contribution in [-0.2, 0) is 0 Å². The Morgan fingerprint density at radius 3 is 1.73 bits per heavy atom. The first-order chi connectivity index (χ1) is 27.2. The Morgan fingerprint density at radius 1 is 0.382 bits per heavy atom. The van der Waals surface area contributed by atoms with Crippen molar-refractivity contribution >= 4 is 65.9 Å². The molecule has 0 spiro atoms. The lowest BCUT2D eigenvalue weighted by molar-refractivity contribution is 0.668. The molecular formula is C51H33N3O. The summed E-state index contributed by atoms with van der Waals surface area (Å²) in [6, 6.07) is 66.5. The van der Waals surface area contributed by atoms with Crippen LogP contribution in [0.5, 0.6) is 0 Å². The van der Waals surface area contributed by atoms with Gasteiger partial charge in [0, 0.05) is 27.5 Å². The number of nitrogens with zero attached hydrogens (tertiary/aromatic N) is 2. The molecule has 1 aliphatic rings. The summed E-state index contributed by atoms with van der Waals surface area (Å²) in [7, 11) is 0. The maximum atomic E-state index is 6.58. The number of amidine groups is 2. The smallest absolute Gasteiger partial charge is 0.170 e. The van der Waals surface area contributed by atoms with Gasteiger partial charge in [-0.3, -0.25) is 0 Å². The van der Waals surface area contributed by atoms with Gasteiger partial charge in [0.05, 0.1) is 0 Å². The average molecular weight is 704 g/mol. The van der Waals surface area contributed by atoms with Crippen molar-refractivity contribution in [1.82, 2.24) is 5.32 Å². The third kappa shape index (κ3) is 5.46. The number of fused-ring (bicyclic) bond motifs is 6. The molecular weight excluding hydrogens is 671 g/mol. The van der Waals surface area contributed by atoms with E-state index in [1.165, 1.54) is 32.5 Å². The summed E-state index contributed by atoms with van der Waals surface area (Å²) in [4.78, 5) is 10.6. The molecule has 0 amide bonds. The van der Waals surface area contributed by atoms with E-state index in [4.69, 9.17) is 14.4 Å². The zero-order valence-corrected chi connectivity index (χ0v) is 29.8. The van der Waals surface area contributed by atoms with E-state index in [1.807, 2.05) is 12.1 Å². The predicted octanol–water partition coefficient (Wildman–Crippen LogP) is 12.9. The molecule has 1 unspecified atom stereocenters. The summed E-state index contributed by atoms with van der Waals surface area (Å²) < 4.78 is 6.58. The van der Waals surface area contributed by atoms with Crippen molar-refractivity contribution < 1.29 is 4.42 Å². The van der Waals surface area contributed by atoms with E-state index in [0.29, 0.717) is 0 Å². The number of nitrogens with one attached hydrogen (secondary N) is 1. The van der Waals surface area contributed by atoms with Crippen LogP contribution in [0.4, 0.5) is 0 Å². The van der Waals surface area contributed by atoms with Gasteiger partial charge < -0.3 is 9.73 Å². The van der Waals surface area contributed by atoms with Crippen molar-refractivity contribution in [1.29, 1.82) is 0 Å². The fourth-order valence-corrected chi connectivity index (χ4v) is 8.12. The molecule has 0 aliphatic carbocycles. The molecule has 2 heterocycles. The molecule has 0 saturated carbocycles. The number of rotatable bonds is 5. The average Bonchev–Trinajstić information content (AvgIpc) is 3.64. The fraction of sp³-hybridized carbons (Fsp3) is 0.0196.